The Kier molecular flexibility index (Phi) is 3.23. The maximum Gasteiger partial charge on any atom is 0.237 e. The topological polar surface area (TPSA) is 64.3 Å². The number of ether oxygens (including phenoxy) is 1. The molecule has 0 radical (unpaired) electrons. The van der Waals surface area contributed by atoms with E-state index in [1.807, 2.05) is 18.8 Å². The van der Waals surface area contributed by atoms with Gasteiger partial charge >= 0.3 is 0 Å². The molecule has 86 valence electrons. The van der Waals surface area contributed by atoms with Crippen LogP contribution in [-0.4, -0.2) is 42.2 Å². The third kappa shape index (κ3) is 2.14. The third-order valence-corrected chi connectivity index (χ3v) is 4.86. The molecule has 1 saturated carbocycles. The Morgan fingerprint density at radius 3 is 2.67 bits per heavy atom. The van der Waals surface area contributed by atoms with E-state index in [9.17, 15) is 4.79 Å². The number of thioether (sulfide) groups is 1. The van der Waals surface area contributed by atoms with Gasteiger partial charge < -0.3 is 15.8 Å². The van der Waals surface area contributed by atoms with E-state index >= 15 is 0 Å². The van der Waals surface area contributed by atoms with Crippen molar-refractivity contribution < 1.29 is 9.53 Å². The molecule has 0 aromatic heterocycles. The number of hydrogen-bond donors (Lipinski definition) is 2. The molecule has 1 aliphatic heterocycles. The predicted octanol–water partition coefficient (Wildman–Crippen LogP) is 0.114. The van der Waals surface area contributed by atoms with E-state index in [4.69, 9.17) is 10.5 Å². The van der Waals surface area contributed by atoms with Gasteiger partial charge in [-0.05, 0) is 26.3 Å². The molecular formula is C10H18N2O2S. The number of carbonyl (C=O) groups is 1. The van der Waals surface area contributed by atoms with Gasteiger partial charge in [-0.2, -0.15) is 11.8 Å². The predicted molar refractivity (Wildman–Crippen MR) is 60.8 cm³/mol. The average molecular weight is 230 g/mol. The normalized spacial score (nSPS) is 36.5. The van der Waals surface area contributed by atoms with Gasteiger partial charge in [0.1, 0.15) is 0 Å². The number of amides is 1. The lowest BCUT2D eigenvalue weighted by atomic mass is 9.97. The van der Waals surface area contributed by atoms with Crippen molar-refractivity contribution in [3.05, 3.63) is 0 Å². The van der Waals surface area contributed by atoms with Crippen molar-refractivity contribution in [2.24, 2.45) is 5.73 Å². The summed E-state index contributed by atoms with van der Waals surface area (Å²) in [6.07, 6.45) is 2.80. The zero-order chi connectivity index (χ0) is 10.9. The highest BCUT2D eigenvalue weighted by atomic mass is 32.2. The molecule has 15 heavy (non-hydrogen) atoms. The standard InChI is InChI=1S/C10H18N2O2S/c1-12-10(9(11)13)3-2-7(4-10)15-8-5-14-6-8/h7-8,12H,2-6H2,1H3,(H2,11,13). The number of hydrogen-bond acceptors (Lipinski definition) is 4. The fourth-order valence-electron chi connectivity index (χ4n) is 2.26. The highest BCUT2D eigenvalue weighted by molar-refractivity contribution is 8.00. The monoisotopic (exact) mass is 230 g/mol. The first-order chi connectivity index (χ1) is 7.16. The van der Waals surface area contributed by atoms with Crippen molar-refractivity contribution in [3.63, 3.8) is 0 Å². The van der Waals surface area contributed by atoms with Gasteiger partial charge in [-0.1, -0.05) is 0 Å². The number of likely N-dealkylation sites (N-methyl/N-ethyl adjacent to an activating group) is 1. The highest BCUT2D eigenvalue weighted by Gasteiger charge is 2.43. The van der Waals surface area contributed by atoms with Crippen LogP contribution >= 0.6 is 11.8 Å². The van der Waals surface area contributed by atoms with Gasteiger partial charge in [0.15, 0.2) is 0 Å². The Hall–Kier alpha value is -0.260. The number of nitrogens with one attached hydrogen (secondary N) is 1. The molecule has 2 atom stereocenters. The zero-order valence-electron chi connectivity index (χ0n) is 8.99. The van der Waals surface area contributed by atoms with Crippen LogP contribution in [0.5, 0.6) is 0 Å². The van der Waals surface area contributed by atoms with E-state index in [0.29, 0.717) is 10.5 Å². The Morgan fingerprint density at radius 1 is 1.53 bits per heavy atom. The summed E-state index contributed by atoms with van der Waals surface area (Å²) >= 11 is 1.96. The largest absolute Gasteiger partial charge is 0.379 e. The van der Waals surface area contributed by atoms with Crippen LogP contribution in [0.2, 0.25) is 0 Å². The van der Waals surface area contributed by atoms with Crippen molar-refractivity contribution in [2.45, 2.75) is 35.3 Å². The molecular weight excluding hydrogens is 212 g/mol. The minimum absolute atomic E-state index is 0.210. The summed E-state index contributed by atoms with van der Waals surface area (Å²) in [6.45, 7) is 1.73. The van der Waals surface area contributed by atoms with Crippen LogP contribution in [0.1, 0.15) is 19.3 Å². The van der Waals surface area contributed by atoms with E-state index in [1.54, 1.807) is 0 Å². The van der Waals surface area contributed by atoms with Crippen LogP contribution in [-0.2, 0) is 9.53 Å². The molecule has 4 nitrogen and oxygen atoms in total. The second kappa shape index (κ2) is 4.31. The Balaban J connectivity index is 1.89. The van der Waals surface area contributed by atoms with E-state index in [1.165, 1.54) is 0 Å². The molecule has 1 heterocycles. The molecule has 3 N–H and O–H groups in total. The third-order valence-electron chi connectivity index (χ3n) is 3.41. The molecule has 0 spiro atoms. The molecule has 2 aliphatic rings. The molecule has 0 bridgehead atoms. The lowest BCUT2D eigenvalue weighted by molar-refractivity contribution is -0.124. The number of primary amides is 1. The summed E-state index contributed by atoms with van der Waals surface area (Å²) in [5.41, 5.74) is 4.99. The second-order valence-corrected chi connectivity index (χ2v) is 5.96. The minimum Gasteiger partial charge on any atom is -0.379 e. The molecule has 1 saturated heterocycles. The fraction of sp³-hybridized carbons (Fsp3) is 0.900. The lowest BCUT2D eigenvalue weighted by Gasteiger charge is -2.29. The smallest absolute Gasteiger partial charge is 0.237 e. The molecule has 1 amide bonds. The van der Waals surface area contributed by atoms with Crippen molar-refractivity contribution in [1.29, 1.82) is 0 Å². The number of carbonyl (C=O) groups excluding carboxylic acids is 1. The SMILES string of the molecule is CNC1(C(N)=O)CCC(SC2COC2)C1. The molecule has 1 aliphatic carbocycles. The van der Waals surface area contributed by atoms with Crippen molar-refractivity contribution in [1.82, 2.24) is 5.32 Å². The van der Waals surface area contributed by atoms with Crippen LogP contribution in [0, 0.1) is 0 Å². The van der Waals surface area contributed by atoms with E-state index in [0.717, 1.165) is 32.5 Å². The van der Waals surface area contributed by atoms with Gasteiger partial charge in [-0.3, -0.25) is 4.79 Å². The van der Waals surface area contributed by atoms with Crippen LogP contribution in [0.4, 0.5) is 0 Å². The van der Waals surface area contributed by atoms with Gasteiger partial charge in [0.2, 0.25) is 5.91 Å². The van der Waals surface area contributed by atoms with E-state index in [2.05, 4.69) is 5.32 Å². The summed E-state index contributed by atoms with van der Waals surface area (Å²) in [6, 6.07) is 0. The van der Waals surface area contributed by atoms with Crippen molar-refractivity contribution >= 4 is 17.7 Å². The van der Waals surface area contributed by atoms with E-state index < -0.39 is 5.54 Å². The summed E-state index contributed by atoms with van der Waals surface area (Å²) in [4.78, 5) is 11.4. The van der Waals surface area contributed by atoms with Gasteiger partial charge in [-0.15, -0.1) is 0 Å². The Morgan fingerprint density at radius 2 is 2.27 bits per heavy atom. The maximum atomic E-state index is 11.4. The molecule has 2 rings (SSSR count). The Labute approximate surface area is 94.3 Å². The second-order valence-electron chi connectivity index (χ2n) is 4.36. The average Bonchev–Trinajstić information content (AvgIpc) is 2.56. The first-order valence-electron chi connectivity index (χ1n) is 5.38. The first kappa shape index (κ1) is 11.2. The van der Waals surface area contributed by atoms with Crippen LogP contribution in [0.15, 0.2) is 0 Å². The van der Waals surface area contributed by atoms with Crippen LogP contribution in [0.3, 0.4) is 0 Å². The number of nitrogens with two attached hydrogens (primary N) is 1. The van der Waals surface area contributed by atoms with Gasteiger partial charge in [-0.25, -0.2) is 0 Å². The summed E-state index contributed by atoms with van der Waals surface area (Å²) < 4.78 is 5.14. The molecule has 2 fully saturated rings. The highest BCUT2D eigenvalue weighted by Crippen LogP contribution is 2.39. The first-order valence-corrected chi connectivity index (χ1v) is 6.32. The zero-order valence-corrected chi connectivity index (χ0v) is 9.81. The minimum atomic E-state index is -0.456. The molecule has 2 unspecified atom stereocenters. The summed E-state index contributed by atoms with van der Waals surface area (Å²) in [7, 11) is 1.82. The quantitative estimate of drug-likeness (QED) is 0.720. The summed E-state index contributed by atoms with van der Waals surface area (Å²) in [5.74, 6) is -0.210. The Bertz CT molecular complexity index is 258. The van der Waals surface area contributed by atoms with Gasteiger partial charge in [0.05, 0.1) is 24.0 Å². The maximum absolute atomic E-state index is 11.4. The molecule has 5 heteroatoms. The van der Waals surface area contributed by atoms with Gasteiger partial charge in [0, 0.05) is 5.25 Å². The van der Waals surface area contributed by atoms with E-state index in [-0.39, 0.29) is 5.91 Å². The summed E-state index contributed by atoms with van der Waals surface area (Å²) in [5, 5.41) is 4.29. The molecule has 0 aromatic rings. The van der Waals surface area contributed by atoms with Crippen LogP contribution < -0.4 is 11.1 Å². The number of rotatable bonds is 4. The molecule has 0 aromatic carbocycles. The van der Waals surface area contributed by atoms with Crippen molar-refractivity contribution in [2.75, 3.05) is 20.3 Å². The van der Waals surface area contributed by atoms with Crippen LogP contribution in [0.25, 0.3) is 0 Å². The fourth-order valence-corrected chi connectivity index (χ4v) is 3.78. The van der Waals surface area contributed by atoms with Gasteiger partial charge in [0.25, 0.3) is 0 Å². The lowest BCUT2D eigenvalue weighted by Crippen LogP contribution is -2.52. The van der Waals surface area contributed by atoms with Crippen molar-refractivity contribution in [3.8, 4) is 0 Å².